The van der Waals surface area contributed by atoms with Crippen molar-refractivity contribution in [1.82, 2.24) is 9.97 Å². The summed E-state index contributed by atoms with van der Waals surface area (Å²) in [6.07, 6.45) is 6.75. The Morgan fingerprint density at radius 2 is 2.00 bits per heavy atom. The van der Waals surface area contributed by atoms with E-state index in [9.17, 15) is 4.79 Å². The number of halogens is 1. The van der Waals surface area contributed by atoms with Gasteiger partial charge < -0.3 is 18.9 Å². The van der Waals surface area contributed by atoms with Crippen LogP contribution >= 0.6 is 23.4 Å². The van der Waals surface area contributed by atoms with Crippen LogP contribution in [0.3, 0.4) is 0 Å². The van der Waals surface area contributed by atoms with Gasteiger partial charge in [-0.1, -0.05) is 17.7 Å². The molecule has 1 aliphatic heterocycles. The van der Waals surface area contributed by atoms with Gasteiger partial charge in [-0.05, 0) is 42.7 Å². The number of ether oxygens (including phenoxy) is 4. The molecular formula is C25H25ClN2O5S. The summed E-state index contributed by atoms with van der Waals surface area (Å²) in [6, 6.07) is 7.15. The summed E-state index contributed by atoms with van der Waals surface area (Å²) >= 11 is 8.18. The predicted octanol–water partition coefficient (Wildman–Crippen LogP) is 5.50. The van der Waals surface area contributed by atoms with Crippen molar-refractivity contribution in [2.45, 2.75) is 25.7 Å². The number of carbonyl (C=O) groups is 1. The van der Waals surface area contributed by atoms with E-state index in [0.717, 1.165) is 24.2 Å². The van der Waals surface area contributed by atoms with Crippen LogP contribution in [0.15, 0.2) is 30.6 Å². The second-order valence-electron chi connectivity index (χ2n) is 8.36. The van der Waals surface area contributed by atoms with Crippen molar-refractivity contribution < 1.29 is 23.7 Å². The molecule has 0 radical (unpaired) electrons. The van der Waals surface area contributed by atoms with Gasteiger partial charge in [0, 0.05) is 29.7 Å². The van der Waals surface area contributed by atoms with Gasteiger partial charge in [-0.3, -0.25) is 4.79 Å². The number of rotatable bonds is 10. The number of benzene rings is 2. The summed E-state index contributed by atoms with van der Waals surface area (Å²) < 4.78 is 23.9. The fourth-order valence-corrected chi connectivity index (χ4v) is 4.36. The molecule has 1 fully saturated rings. The van der Waals surface area contributed by atoms with E-state index in [1.54, 1.807) is 23.9 Å². The van der Waals surface area contributed by atoms with Gasteiger partial charge in [0.1, 0.15) is 36.5 Å². The van der Waals surface area contributed by atoms with Crippen LogP contribution in [0, 0.1) is 5.92 Å². The predicted molar refractivity (Wildman–Crippen MR) is 132 cm³/mol. The highest BCUT2D eigenvalue weighted by atomic mass is 35.5. The number of hydrogen-bond acceptors (Lipinski definition) is 8. The molecule has 0 amide bonds. The Labute approximate surface area is 207 Å². The highest BCUT2D eigenvalue weighted by Gasteiger charge is 2.26. The van der Waals surface area contributed by atoms with Gasteiger partial charge in [-0.2, -0.15) is 11.8 Å². The molecule has 1 saturated carbocycles. The number of Topliss-reactive ketones (excluding diaryl/α,β-unsaturated/α-hetero) is 1. The Hall–Kier alpha value is -2.71. The van der Waals surface area contributed by atoms with Gasteiger partial charge >= 0.3 is 0 Å². The Morgan fingerprint density at radius 3 is 2.76 bits per heavy atom. The quantitative estimate of drug-likeness (QED) is 0.337. The second kappa shape index (κ2) is 10.3. The van der Waals surface area contributed by atoms with Gasteiger partial charge in [0.25, 0.3) is 0 Å². The van der Waals surface area contributed by atoms with Crippen LogP contribution in [-0.2, 0) is 11.2 Å². The molecule has 2 heterocycles. The number of nitrogens with zero attached hydrogens (tertiary/aromatic N) is 2. The summed E-state index contributed by atoms with van der Waals surface area (Å²) in [5.41, 5.74) is 1.43. The van der Waals surface area contributed by atoms with Gasteiger partial charge in [0.15, 0.2) is 11.5 Å². The molecule has 0 N–H and O–H groups in total. The Kier molecular flexibility index (Phi) is 6.97. The average Bonchev–Trinajstić information content (AvgIpc) is 3.65. The fourth-order valence-electron chi connectivity index (χ4n) is 3.88. The summed E-state index contributed by atoms with van der Waals surface area (Å²) in [5.74, 6) is 4.10. The van der Waals surface area contributed by atoms with E-state index in [0.29, 0.717) is 83.4 Å². The molecule has 1 aromatic heterocycles. The van der Waals surface area contributed by atoms with Crippen molar-refractivity contribution in [3.63, 3.8) is 0 Å². The minimum Gasteiger partial charge on any atom is -0.489 e. The number of fused-ring (bicyclic) bond motifs is 3. The molecule has 5 rings (SSSR count). The number of ketones is 1. The van der Waals surface area contributed by atoms with Crippen LogP contribution in [0.2, 0.25) is 5.02 Å². The zero-order chi connectivity index (χ0) is 23.5. The Balaban J connectivity index is 1.42. The molecule has 34 heavy (non-hydrogen) atoms. The molecule has 0 bridgehead atoms. The van der Waals surface area contributed by atoms with Gasteiger partial charge in [0.2, 0.25) is 11.6 Å². The van der Waals surface area contributed by atoms with Crippen molar-refractivity contribution in [3.05, 3.63) is 41.2 Å². The molecule has 2 aliphatic rings. The standard InChI is InChI=1S/C25H25ClN2O5S/c1-34-9-8-30-21-13-20-22(24-23(21)31-6-7-32-24)25(28-14-27-20)33-18-5-4-16(19(26)12-18)11-17(29)10-15-2-3-15/h4-5,12-15H,2-3,6-11H2,1H3. The SMILES string of the molecule is CSCCOc1cc2ncnc(Oc3ccc(CC(=O)CC4CC4)c(Cl)c3)c2c2c1OCCO2. The van der Waals surface area contributed by atoms with Crippen molar-refractivity contribution in [2.24, 2.45) is 5.92 Å². The summed E-state index contributed by atoms with van der Waals surface area (Å²) in [4.78, 5) is 21.0. The van der Waals surface area contributed by atoms with Crippen molar-refractivity contribution in [2.75, 3.05) is 31.8 Å². The summed E-state index contributed by atoms with van der Waals surface area (Å²) in [5, 5.41) is 1.10. The van der Waals surface area contributed by atoms with Crippen LogP contribution in [0.4, 0.5) is 0 Å². The van der Waals surface area contributed by atoms with E-state index in [-0.39, 0.29) is 5.78 Å². The first kappa shape index (κ1) is 23.1. The first-order valence-electron chi connectivity index (χ1n) is 11.3. The molecular weight excluding hydrogens is 476 g/mol. The summed E-state index contributed by atoms with van der Waals surface area (Å²) in [6.45, 7) is 1.38. The van der Waals surface area contributed by atoms with E-state index in [1.165, 1.54) is 6.33 Å². The van der Waals surface area contributed by atoms with E-state index in [4.69, 9.17) is 30.5 Å². The average molecular weight is 501 g/mol. The maximum atomic E-state index is 12.2. The molecule has 0 atom stereocenters. The molecule has 0 spiro atoms. The van der Waals surface area contributed by atoms with Crippen molar-refractivity contribution in [1.29, 1.82) is 0 Å². The molecule has 0 unspecified atom stereocenters. The lowest BCUT2D eigenvalue weighted by Crippen LogP contribution is -2.17. The van der Waals surface area contributed by atoms with Crippen LogP contribution in [0.5, 0.6) is 28.9 Å². The van der Waals surface area contributed by atoms with Gasteiger partial charge in [0.05, 0.1) is 12.1 Å². The third-order valence-electron chi connectivity index (χ3n) is 5.73. The summed E-state index contributed by atoms with van der Waals surface area (Å²) in [7, 11) is 0. The topological polar surface area (TPSA) is 79.8 Å². The van der Waals surface area contributed by atoms with Crippen LogP contribution in [0.1, 0.15) is 24.8 Å². The van der Waals surface area contributed by atoms with Crippen molar-refractivity contribution in [3.8, 4) is 28.9 Å². The van der Waals surface area contributed by atoms with Crippen LogP contribution in [-0.4, -0.2) is 47.6 Å². The van der Waals surface area contributed by atoms with E-state index >= 15 is 0 Å². The fraction of sp³-hybridized carbons (Fsp3) is 0.400. The largest absolute Gasteiger partial charge is 0.489 e. The maximum absolute atomic E-state index is 12.2. The molecule has 3 aromatic rings. The molecule has 7 nitrogen and oxygen atoms in total. The lowest BCUT2D eigenvalue weighted by atomic mass is 10.0. The lowest BCUT2D eigenvalue weighted by molar-refractivity contribution is -0.118. The number of carbonyl (C=O) groups excluding carboxylic acids is 1. The smallest absolute Gasteiger partial charge is 0.234 e. The first-order chi connectivity index (χ1) is 16.6. The molecule has 178 valence electrons. The molecule has 9 heteroatoms. The third kappa shape index (κ3) is 5.18. The minimum absolute atomic E-state index is 0.221. The maximum Gasteiger partial charge on any atom is 0.234 e. The Morgan fingerprint density at radius 1 is 1.18 bits per heavy atom. The number of aromatic nitrogens is 2. The minimum atomic E-state index is 0.221. The number of thioether (sulfide) groups is 1. The van der Waals surface area contributed by atoms with Crippen LogP contribution in [0.25, 0.3) is 10.9 Å². The van der Waals surface area contributed by atoms with E-state index in [2.05, 4.69) is 9.97 Å². The van der Waals surface area contributed by atoms with Gasteiger partial charge in [-0.15, -0.1) is 0 Å². The van der Waals surface area contributed by atoms with Crippen LogP contribution < -0.4 is 18.9 Å². The highest BCUT2D eigenvalue weighted by Crippen LogP contribution is 2.48. The zero-order valence-electron chi connectivity index (χ0n) is 18.8. The molecule has 0 saturated heterocycles. The third-order valence-corrected chi connectivity index (χ3v) is 6.65. The zero-order valence-corrected chi connectivity index (χ0v) is 20.4. The molecule has 2 aromatic carbocycles. The van der Waals surface area contributed by atoms with Gasteiger partial charge in [-0.25, -0.2) is 9.97 Å². The number of hydrogen-bond donors (Lipinski definition) is 0. The Bertz CT molecular complexity index is 1220. The first-order valence-corrected chi connectivity index (χ1v) is 13.1. The van der Waals surface area contributed by atoms with E-state index in [1.807, 2.05) is 18.4 Å². The highest BCUT2D eigenvalue weighted by molar-refractivity contribution is 7.98. The van der Waals surface area contributed by atoms with Crippen molar-refractivity contribution >= 4 is 40.0 Å². The molecule has 1 aliphatic carbocycles. The lowest BCUT2D eigenvalue weighted by Gasteiger charge is -2.23. The normalized spacial score (nSPS) is 14.8. The second-order valence-corrected chi connectivity index (χ2v) is 9.76. The monoisotopic (exact) mass is 500 g/mol. The van der Waals surface area contributed by atoms with E-state index < -0.39 is 0 Å².